The van der Waals surface area contributed by atoms with Gasteiger partial charge in [-0.25, -0.2) is 4.79 Å². The maximum Gasteiger partial charge on any atom is 0.322 e. The Hall–Kier alpha value is -2.83. The number of benzene rings is 1. The molecule has 7 heteroatoms. The van der Waals surface area contributed by atoms with E-state index in [1.54, 1.807) is 17.9 Å². The summed E-state index contributed by atoms with van der Waals surface area (Å²) in [4.78, 5) is 26.2. The van der Waals surface area contributed by atoms with Gasteiger partial charge in [-0.05, 0) is 44.4 Å². The van der Waals surface area contributed by atoms with Crippen LogP contribution in [0.25, 0.3) is 0 Å². The second-order valence-electron chi connectivity index (χ2n) is 6.03. The first kappa shape index (κ1) is 16.0. The first-order valence-corrected chi connectivity index (χ1v) is 7.89. The van der Waals surface area contributed by atoms with Crippen LogP contribution in [0.3, 0.4) is 0 Å². The van der Waals surface area contributed by atoms with Crippen molar-refractivity contribution in [2.45, 2.75) is 32.7 Å². The second-order valence-corrected chi connectivity index (χ2v) is 6.03. The molecule has 1 heterocycles. The minimum atomic E-state index is -0.297. The summed E-state index contributed by atoms with van der Waals surface area (Å²) in [6.45, 7) is 3.68. The number of anilines is 2. The van der Waals surface area contributed by atoms with Crippen molar-refractivity contribution in [3.05, 3.63) is 41.7 Å². The molecule has 0 spiro atoms. The van der Waals surface area contributed by atoms with E-state index in [-0.39, 0.29) is 24.5 Å². The fourth-order valence-electron chi connectivity index (χ4n) is 2.43. The van der Waals surface area contributed by atoms with Crippen molar-refractivity contribution >= 4 is 23.4 Å². The largest absolute Gasteiger partial charge is 0.360 e. The van der Waals surface area contributed by atoms with Crippen molar-refractivity contribution < 1.29 is 14.1 Å². The van der Waals surface area contributed by atoms with Crippen LogP contribution >= 0.6 is 0 Å². The molecule has 126 valence electrons. The number of amides is 3. The number of aromatic nitrogens is 1. The molecular weight excluding hydrogens is 308 g/mol. The smallest absolute Gasteiger partial charge is 0.322 e. The first-order chi connectivity index (χ1) is 11.5. The fourth-order valence-corrected chi connectivity index (χ4v) is 2.43. The average molecular weight is 328 g/mol. The Kier molecular flexibility index (Phi) is 4.50. The van der Waals surface area contributed by atoms with Gasteiger partial charge in [0.15, 0.2) is 5.82 Å². The molecule has 2 aromatic rings. The number of rotatable bonds is 5. The van der Waals surface area contributed by atoms with E-state index in [1.807, 2.05) is 31.2 Å². The molecule has 1 aromatic carbocycles. The van der Waals surface area contributed by atoms with E-state index in [0.29, 0.717) is 11.6 Å². The molecule has 24 heavy (non-hydrogen) atoms. The third kappa shape index (κ3) is 4.13. The average Bonchev–Trinajstić information content (AvgIpc) is 3.28. The van der Waals surface area contributed by atoms with Crippen molar-refractivity contribution in [2.24, 2.45) is 0 Å². The SMILES string of the molecule is Cc1cccc(NC(=O)N(CC(=O)Nc2cc(C)on2)C2CC2)c1. The Morgan fingerprint density at radius 2 is 2.04 bits per heavy atom. The molecule has 0 atom stereocenters. The maximum atomic E-state index is 12.5. The van der Waals surface area contributed by atoms with Crippen molar-refractivity contribution in [2.75, 3.05) is 17.2 Å². The predicted octanol–water partition coefficient (Wildman–Crippen LogP) is 2.93. The van der Waals surface area contributed by atoms with E-state index >= 15 is 0 Å². The van der Waals surface area contributed by atoms with Gasteiger partial charge >= 0.3 is 6.03 Å². The van der Waals surface area contributed by atoms with Gasteiger partial charge in [-0.3, -0.25) is 4.79 Å². The van der Waals surface area contributed by atoms with Crippen LogP contribution in [-0.2, 0) is 4.79 Å². The summed E-state index contributed by atoms with van der Waals surface area (Å²) < 4.78 is 4.91. The molecule has 1 aromatic heterocycles. The number of hydrogen-bond donors (Lipinski definition) is 2. The molecule has 0 saturated heterocycles. The lowest BCUT2D eigenvalue weighted by Crippen LogP contribution is -2.42. The molecule has 0 aliphatic heterocycles. The summed E-state index contributed by atoms with van der Waals surface area (Å²) in [5, 5.41) is 9.21. The Balaban J connectivity index is 1.61. The van der Waals surface area contributed by atoms with Crippen LogP contribution in [0.5, 0.6) is 0 Å². The van der Waals surface area contributed by atoms with Crippen molar-refractivity contribution in [1.29, 1.82) is 0 Å². The van der Waals surface area contributed by atoms with E-state index in [9.17, 15) is 9.59 Å². The van der Waals surface area contributed by atoms with Crippen LogP contribution in [0.1, 0.15) is 24.2 Å². The van der Waals surface area contributed by atoms with Crippen LogP contribution in [0.4, 0.5) is 16.3 Å². The molecule has 1 saturated carbocycles. The highest BCUT2D eigenvalue weighted by molar-refractivity contribution is 5.96. The molecule has 1 aliphatic rings. The van der Waals surface area contributed by atoms with Crippen molar-refractivity contribution in [1.82, 2.24) is 10.1 Å². The molecular formula is C17H20N4O3. The summed E-state index contributed by atoms with van der Waals surface area (Å²) in [6, 6.07) is 9.03. The number of carbonyl (C=O) groups excluding carboxylic acids is 2. The highest BCUT2D eigenvalue weighted by Crippen LogP contribution is 2.27. The number of urea groups is 1. The lowest BCUT2D eigenvalue weighted by atomic mass is 10.2. The molecule has 3 rings (SSSR count). The Morgan fingerprint density at radius 3 is 2.67 bits per heavy atom. The predicted molar refractivity (Wildman–Crippen MR) is 89.8 cm³/mol. The Labute approximate surface area is 140 Å². The lowest BCUT2D eigenvalue weighted by Gasteiger charge is -2.22. The van der Waals surface area contributed by atoms with Gasteiger partial charge in [-0.15, -0.1) is 0 Å². The van der Waals surface area contributed by atoms with Gasteiger partial charge in [-0.1, -0.05) is 17.3 Å². The monoisotopic (exact) mass is 328 g/mol. The minimum absolute atomic E-state index is 0.0196. The number of hydrogen-bond acceptors (Lipinski definition) is 4. The zero-order valence-electron chi connectivity index (χ0n) is 13.7. The highest BCUT2D eigenvalue weighted by atomic mass is 16.5. The van der Waals surface area contributed by atoms with Gasteiger partial charge < -0.3 is 20.1 Å². The Bertz CT molecular complexity index is 752. The second kappa shape index (κ2) is 6.74. The third-order valence-electron chi connectivity index (χ3n) is 3.73. The standard InChI is InChI=1S/C17H20N4O3/c1-11-4-3-5-13(8-11)18-17(23)21(14-6-7-14)10-16(22)19-15-9-12(2)24-20-15/h3-5,8-9,14H,6-7,10H2,1-2H3,(H,18,23)(H,19,20,22). The van der Waals surface area contributed by atoms with Gasteiger partial charge in [0, 0.05) is 17.8 Å². The summed E-state index contributed by atoms with van der Waals surface area (Å²) in [7, 11) is 0. The molecule has 0 radical (unpaired) electrons. The quantitative estimate of drug-likeness (QED) is 0.883. The lowest BCUT2D eigenvalue weighted by molar-refractivity contribution is -0.116. The van der Waals surface area contributed by atoms with Crippen LogP contribution in [0.2, 0.25) is 0 Å². The van der Waals surface area contributed by atoms with Crippen LogP contribution < -0.4 is 10.6 Å². The zero-order valence-corrected chi connectivity index (χ0v) is 13.7. The van der Waals surface area contributed by atoms with Gasteiger partial charge in [0.1, 0.15) is 12.3 Å². The summed E-state index contributed by atoms with van der Waals surface area (Å²) in [6.07, 6.45) is 1.83. The van der Waals surface area contributed by atoms with E-state index < -0.39 is 0 Å². The Morgan fingerprint density at radius 1 is 1.25 bits per heavy atom. The van der Waals surface area contributed by atoms with Gasteiger partial charge in [0.2, 0.25) is 5.91 Å². The van der Waals surface area contributed by atoms with Crippen LogP contribution in [0, 0.1) is 13.8 Å². The molecule has 0 bridgehead atoms. The van der Waals surface area contributed by atoms with Gasteiger partial charge in [0.05, 0.1) is 0 Å². The number of nitrogens with one attached hydrogen (secondary N) is 2. The summed E-state index contributed by atoms with van der Waals surface area (Å²) in [5.74, 6) is 0.670. The van der Waals surface area contributed by atoms with Gasteiger partial charge in [0.25, 0.3) is 0 Å². The number of aryl methyl sites for hydroxylation is 2. The summed E-state index contributed by atoms with van der Waals surface area (Å²) >= 11 is 0. The van der Waals surface area contributed by atoms with Gasteiger partial charge in [-0.2, -0.15) is 0 Å². The van der Waals surface area contributed by atoms with Crippen LogP contribution in [-0.4, -0.2) is 34.6 Å². The maximum absolute atomic E-state index is 12.5. The zero-order chi connectivity index (χ0) is 17.1. The van der Waals surface area contributed by atoms with E-state index in [0.717, 1.165) is 24.1 Å². The van der Waals surface area contributed by atoms with E-state index in [4.69, 9.17) is 4.52 Å². The number of carbonyl (C=O) groups is 2. The minimum Gasteiger partial charge on any atom is -0.360 e. The molecule has 2 N–H and O–H groups in total. The highest BCUT2D eigenvalue weighted by Gasteiger charge is 2.34. The normalized spacial score (nSPS) is 13.4. The van der Waals surface area contributed by atoms with Crippen LogP contribution in [0.15, 0.2) is 34.9 Å². The topological polar surface area (TPSA) is 87.5 Å². The first-order valence-electron chi connectivity index (χ1n) is 7.89. The van der Waals surface area contributed by atoms with Crippen molar-refractivity contribution in [3.8, 4) is 0 Å². The van der Waals surface area contributed by atoms with Crippen molar-refractivity contribution in [3.63, 3.8) is 0 Å². The molecule has 3 amide bonds. The third-order valence-corrected chi connectivity index (χ3v) is 3.73. The molecule has 1 aliphatic carbocycles. The number of nitrogens with zero attached hydrogens (tertiary/aromatic N) is 2. The van der Waals surface area contributed by atoms with E-state index in [1.165, 1.54) is 0 Å². The molecule has 1 fully saturated rings. The molecule has 0 unspecified atom stereocenters. The fraction of sp³-hybridized carbons (Fsp3) is 0.353. The van der Waals surface area contributed by atoms with E-state index in [2.05, 4.69) is 15.8 Å². The summed E-state index contributed by atoms with van der Waals surface area (Å²) in [5.41, 5.74) is 1.78. The molecule has 7 nitrogen and oxygen atoms in total.